The molecular weight excluding hydrogens is 423 g/mol. The average Bonchev–Trinajstić information content (AvgIpc) is 3.24. The van der Waals surface area contributed by atoms with E-state index in [2.05, 4.69) is 20.2 Å². The molecule has 1 unspecified atom stereocenters. The highest BCUT2D eigenvalue weighted by molar-refractivity contribution is 7.89. The number of benzene rings is 1. The summed E-state index contributed by atoms with van der Waals surface area (Å²) >= 11 is 5.62. The van der Waals surface area contributed by atoms with E-state index in [0.717, 1.165) is 18.2 Å². The molecule has 1 atom stereocenters. The zero-order valence-corrected chi connectivity index (χ0v) is 16.7. The van der Waals surface area contributed by atoms with Gasteiger partial charge in [-0.05, 0) is 49.4 Å². The maximum absolute atomic E-state index is 13.2. The number of halogens is 2. The molecule has 2 aromatic heterocycles. The summed E-state index contributed by atoms with van der Waals surface area (Å²) < 4.78 is 45.3. The number of carbonyl (C=O) groups is 1. The van der Waals surface area contributed by atoms with Crippen LogP contribution in [0, 0.1) is 5.82 Å². The normalized spacial score (nSPS) is 12.5. The predicted molar refractivity (Wildman–Crippen MR) is 102 cm³/mol. The number of nitrogens with one attached hydrogen (secondary N) is 2. The van der Waals surface area contributed by atoms with Crippen LogP contribution in [0.1, 0.15) is 34.9 Å². The van der Waals surface area contributed by atoms with Crippen LogP contribution in [0.4, 0.5) is 4.39 Å². The third-order valence-electron chi connectivity index (χ3n) is 3.91. The number of rotatable bonds is 7. The van der Waals surface area contributed by atoms with Gasteiger partial charge in [0, 0.05) is 0 Å². The van der Waals surface area contributed by atoms with Crippen LogP contribution in [0.3, 0.4) is 0 Å². The molecular formula is C18H16ClFN4O4S. The van der Waals surface area contributed by atoms with Crippen molar-refractivity contribution in [2.75, 3.05) is 0 Å². The minimum atomic E-state index is -3.92. The van der Waals surface area contributed by atoms with E-state index in [1.54, 1.807) is 19.1 Å². The van der Waals surface area contributed by atoms with Crippen LogP contribution in [-0.4, -0.2) is 24.5 Å². The molecule has 11 heteroatoms. The van der Waals surface area contributed by atoms with Gasteiger partial charge >= 0.3 is 0 Å². The van der Waals surface area contributed by atoms with E-state index in [0.29, 0.717) is 5.76 Å². The van der Waals surface area contributed by atoms with Crippen molar-refractivity contribution in [3.8, 4) is 0 Å². The molecule has 1 amide bonds. The zero-order chi connectivity index (χ0) is 21.0. The number of aromatic nitrogens is 2. The molecule has 0 fully saturated rings. The predicted octanol–water partition coefficient (Wildman–Crippen LogP) is 2.83. The van der Waals surface area contributed by atoms with Crippen LogP contribution in [0.25, 0.3) is 0 Å². The Labute approximate surface area is 171 Å². The zero-order valence-electron chi connectivity index (χ0n) is 15.1. The lowest BCUT2D eigenvalue weighted by Gasteiger charge is -2.11. The quantitative estimate of drug-likeness (QED) is 0.586. The molecule has 1 aromatic carbocycles. The number of hydrogen-bond donors (Lipinski definition) is 2. The van der Waals surface area contributed by atoms with Crippen molar-refractivity contribution >= 4 is 27.5 Å². The van der Waals surface area contributed by atoms with Gasteiger partial charge in [-0.2, -0.15) is 5.10 Å². The van der Waals surface area contributed by atoms with Crippen molar-refractivity contribution in [1.29, 1.82) is 0 Å². The number of hydrogen-bond acceptors (Lipinski definition) is 6. The summed E-state index contributed by atoms with van der Waals surface area (Å²) in [5.74, 6) is -0.570. The maximum Gasteiger partial charge on any atom is 0.272 e. The summed E-state index contributed by atoms with van der Waals surface area (Å²) in [6.45, 7) is 1.59. The van der Waals surface area contributed by atoms with Crippen LogP contribution in [0.2, 0.25) is 5.02 Å². The lowest BCUT2D eigenvalue weighted by atomic mass is 10.2. The summed E-state index contributed by atoms with van der Waals surface area (Å²) in [7, 11) is -3.92. The summed E-state index contributed by atoms with van der Waals surface area (Å²) in [6, 6.07) is 9.08. The molecule has 29 heavy (non-hydrogen) atoms. The third-order valence-corrected chi connectivity index (χ3v) is 5.60. The van der Waals surface area contributed by atoms with Crippen LogP contribution in [0.5, 0.6) is 0 Å². The second kappa shape index (κ2) is 8.68. The molecule has 8 nitrogen and oxygen atoms in total. The number of nitrogens with zero attached hydrogens (tertiary/aromatic N) is 2. The topological polar surface area (TPSA) is 114 Å². The summed E-state index contributed by atoms with van der Waals surface area (Å²) in [5, 5.41) is 10.1. The van der Waals surface area contributed by atoms with Crippen molar-refractivity contribution in [2.45, 2.75) is 24.4 Å². The molecule has 152 valence electrons. The Morgan fingerprint density at radius 3 is 2.66 bits per heavy atom. The molecule has 2 N–H and O–H groups in total. The largest absolute Gasteiger partial charge is 0.467 e. The van der Waals surface area contributed by atoms with E-state index in [9.17, 15) is 17.6 Å². The first-order valence-electron chi connectivity index (χ1n) is 8.38. The van der Waals surface area contributed by atoms with Crippen LogP contribution in [-0.2, 0) is 16.6 Å². The van der Waals surface area contributed by atoms with Crippen molar-refractivity contribution in [2.24, 2.45) is 0 Å². The molecule has 3 aromatic rings. The minimum absolute atomic E-state index is 0.0697. The van der Waals surface area contributed by atoms with Gasteiger partial charge in [0.2, 0.25) is 10.0 Å². The highest BCUT2D eigenvalue weighted by Crippen LogP contribution is 2.19. The van der Waals surface area contributed by atoms with Crippen LogP contribution >= 0.6 is 11.6 Å². The van der Waals surface area contributed by atoms with Gasteiger partial charge < -0.3 is 9.73 Å². The number of furan rings is 1. The van der Waals surface area contributed by atoms with Crippen molar-refractivity contribution in [1.82, 2.24) is 20.2 Å². The van der Waals surface area contributed by atoms with Gasteiger partial charge in [-0.3, -0.25) is 4.79 Å². The van der Waals surface area contributed by atoms with Gasteiger partial charge in [0.15, 0.2) is 5.69 Å². The second-order valence-electron chi connectivity index (χ2n) is 6.02. The van der Waals surface area contributed by atoms with E-state index in [4.69, 9.17) is 16.0 Å². The molecule has 3 rings (SSSR count). The van der Waals surface area contributed by atoms with Gasteiger partial charge in [0.1, 0.15) is 11.6 Å². The van der Waals surface area contributed by atoms with Crippen LogP contribution < -0.4 is 10.0 Å². The standard InChI is InChI=1S/C18H16ClFN4O4S/c1-11(17-3-2-8-28-17)22-18(25)16-7-4-12(23-24-16)10-21-29(26,27)13-5-6-15(20)14(19)9-13/h2-9,11,21H,10H2,1H3,(H,22,25). The maximum atomic E-state index is 13.2. The summed E-state index contributed by atoms with van der Waals surface area (Å²) in [5.41, 5.74) is 0.359. The molecule has 0 bridgehead atoms. The van der Waals surface area contributed by atoms with E-state index in [1.165, 1.54) is 18.4 Å². The molecule has 2 heterocycles. The van der Waals surface area contributed by atoms with Gasteiger partial charge in [-0.15, -0.1) is 5.10 Å². The minimum Gasteiger partial charge on any atom is -0.467 e. The first-order valence-corrected chi connectivity index (χ1v) is 10.2. The molecule has 0 aliphatic carbocycles. The Bertz CT molecular complexity index is 1110. The number of carbonyl (C=O) groups excluding carboxylic acids is 1. The summed E-state index contributed by atoms with van der Waals surface area (Å²) in [4.78, 5) is 12.0. The Balaban J connectivity index is 1.61. The summed E-state index contributed by atoms with van der Waals surface area (Å²) in [6.07, 6.45) is 1.51. The third kappa shape index (κ3) is 5.17. The lowest BCUT2D eigenvalue weighted by molar-refractivity contribution is 0.0929. The Hall–Kier alpha value is -2.82. The van der Waals surface area contributed by atoms with E-state index in [-0.39, 0.29) is 33.9 Å². The fourth-order valence-corrected chi connectivity index (χ4v) is 3.62. The van der Waals surface area contributed by atoms with Gasteiger partial charge in [-0.1, -0.05) is 11.6 Å². The highest BCUT2D eigenvalue weighted by Gasteiger charge is 2.17. The average molecular weight is 439 g/mol. The molecule has 0 saturated carbocycles. The van der Waals surface area contributed by atoms with Gasteiger partial charge in [0.05, 0.1) is 34.5 Å². The second-order valence-corrected chi connectivity index (χ2v) is 8.20. The Morgan fingerprint density at radius 2 is 2.03 bits per heavy atom. The SMILES string of the molecule is CC(NC(=O)c1ccc(CNS(=O)(=O)c2ccc(F)c(Cl)c2)nn1)c1ccco1. The lowest BCUT2D eigenvalue weighted by Crippen LogP contribution is -2.28. The molecule has 0 saturated heterocycles. The van der Waals surface area contributed by atoms with Crippen molar-refractivity contribution in [3.63, 3.8) is 0 Å². The Kier molecular flexibility index (Phi) is 6.26. The Morgan fingerprint density at radius 1 is 1.24 bits per heavy atom. The first-order chi connectivity index (χ1) is 13.8. The number of amides is 1. The van der Waals surface area contributed by atoms with Crippen LogP contribution in [0.15, 0.2) is 58.0 Å². The highest BCUT2D eigenvalue weighted by atomic mass is 35.5. The van der Waals surface area contributed by atoms with E-state index in [1.807, 2.05) is 0 Å². The van der Waals surface area contributed by atoms with E-state index < -0.39 is 21.7 Å². The monoisotopic (exact) mass is 438 g/mol. The molecule has 0 aliphatic rings. The molecule has 0 spiro atoms. The molecule has 0 radical (unpaired) electrons. The fourth-order valence-electron chi connectivity index (χ4n) is 2.35. The van der Waals surface area contributed by atoms with Gasteiger partial charge in [-0.25, -0.2) is 17.5 Å². The fraction of sp³-hybridized carbons (Fsp3) is 0.167. The smallest absolute Gasteiger partial charge is 0.272 e. The van der Waals surface area contributed by atoms with Crippen molar-refractivity contribution < 1.29 is 22.0 Å². The molecule has 0 aliphatic heterocycles. The van der Waals surface area contributed by atoms with Gasteiger partial charge in [0.25, 0.3) is 5.91 Å². The van der Waals surface area contributed by atoms with E-state index >= 15 is 0 Å². The number of sulfonamides is 1. The van der Waals surface area contributed by atoms with Crippen molar-refractivity contribution in [3.05, 3.63) is 76.7 Å². The first kappa shape index (κ1) is 20.9.